The van der Waals surface area contributed by atoms with Gasteiger partial charge in [-0.1, -0.05) is 72.8 Å². The molecule has 0 amide bonds. The smallest absolute Gasteiger partial charge is 0.348 e. The number of cyclic esters (lactones) is 1. The van der Waals surface area contributed by atoms with Crippen molar-refractivity contribution in [2.24, 2.45) is 0 Å². The lowest BCUT2D eigenvalue weighted by atomic mass is 10.0. The van der Waals surface area contributed by atoms with Crippen LogP contribution in [0.2, 0.25) is 0 Å². The van der Waals surface area contributed by atoms with Crippen LogP contribution in [0, 0.1) is 0 Å². The summed E-state index contributed by atoms with van der Waals surface area (Å²) in [6.45, 7) is 0.180. The molecular weight excluding hydrogens is 420 g/mol. The van der Waals surface area contributed by atoms with Gasteiger partial charge < -0.3 is 18.9 Å². The molecule has 6 nitrogen and oxygen atoms in total. The van der Waals surface area contributed by atoms with Crippen LogP contribution in [-0.4, -0.2) is 26.2 Å². The first-order chi connectivity index (χ1) is 16.1. The predicted octanol–water partition coefficient (Wildman–Crippen LogP) is 4.76. The van der Waals surface area contributed by atoms with Crippen LogP contribution in [0.25, 0.3) is 11.1 Å². The summed E-state index contributed by atoms with van der Waals surface area (Å²) in [5.74, 6) is -0.401. The van der Waals surface area contributed by atoms with Gasteiger partial charge in [0.15, 0.2) is 11.5 Å². The van der Waals surface area contributed by atoms with Crippen LogP contribution in [0.4, 0.5) is 0 Å². The fourth-order valence-corrected chi connectivity index (χ4v) is 3.48. The minimum atomic E-state index is -0.638. The average Bonchev–Trinajstić information content (AvgIpc) is 3.19. The van der Waals surface area contributed by atoms with Gasteiger partial charge in [0.2, 0.25) is 0 Å². The molecule has 0 unspecified atom stereocenters. The van der Waals surface area contributed by atoms with E-state index in [1.54, 1.807) is 55.6 Å². The number of hydrogen-bond acceptors (Lipinski definition) is 6. The van der Waals surface area contributed by atoms with Crippen molar-refractivity contribution in [1.82, 2.24) is 0 Å². The Morgan fingerprint density at radius 2 is 1.48 bits per heavy atom. The predicted molar refractivity (Wildman–Crippen MR) is 123 cm³/mol. The Morgan fingerprint density at radius 3 is 2.09 bits per heavy atom. The van der Waals surface area contributed by atoms with Gasteiger partial charge in [-0.05, 0) is 28.8 Å². The zero-order valence-corrected chi connectivity index (χ0v) is 18.2. The van der Waals surface area contributed by atoms with Gasteiger partial charge in [0.25, 0.3) is 0 Å². The summed E-state index contributed by atoms with van der Waals surface area (Å²) >= 11 is 0. The summed E-state index contributed by atoms with van der Waals surface area (Å²) in [6, 6.07) is 25.4. The van der Waals surface area contributed by atoms with Gasteiger partial charge in [-0.15, -0.1) is 0 Å². The molecular formula is C27H22O6. The Bertz CT molecular complexity index is 1210. The molecule has 0 aromatic heterocycles. The van der Waals surface area contributed by atoms with Crippen molar-refractivity contribution in [3.05, 3.63) is 113 Å². The van der Waals surface area contributed by atoms with Crippen LogP contribution in [0.1, 0.15) is 16.7 Å². The zero-order valence-electron chi connectivity index (χ0n) is 18.2. The second kappa shape index (κ2) is 9.87. The van der Waals surface area contributed by atoms with Crippen LogP contribution in [0.5, 0.6) is 5.75 Å². The van der Waals surface area contributed by atoms with Crippen molar-refractivity contribution in [3.8, 4) is 5.75 Å². The molecule has 3 aromatic carbocycles. The van der Waals surface area contributed by atoms with Gasteiger partial charge in [-0.3, -0.25) is 0 Å². The normalized spacial score (nSPS) is 14.5. The van der Waals surface area contributed by atoms with Crippen LogP contribution in [0.3, 0.4) is 0 Å². The van der Waals surface area contributed by atoms with E-state index in [0.717, 1.165) is 5.56 Å². The number of methoxy groups -OCH3 is 2. The second-order valence-electron chi connectivity index (χ2n) is 7.16. The molecule has 0 radical (unpaired) electrons. The molecule has 1 heterocycles. The molecule has 0 saturated carbocycles. The lowest BCUT2D eigenvalue weighted by Crippen LogP contribution is -2.10. The molecule has 0 atom stereocenters. The first-order valence-corrected chi connectivity index (χ1v) is 10.3. The third-order valence-electron chi connectivity index (χ3n) is 5.12. The summed E-state index contributed by atoms with van der Waals surface area (Å²) in [5.41, 5.74) is 2.36. The van der Waals surface area contributed by atoms with E-state index in [2.05, 4.69) is 0 Å². The molecule has 1 aliphatic rings. The summed E-state index contributed by atoms with van der Waals surface area (Å²) in [7, 11) is 2.84. The molecule has 0 fully saturated rings. The molecule has 0 saturated heterocycles. The fourth-order valence-electron chi connectivity index (χ4n) is 3.48. The average molecular weight is 442 g/mol. The van der Waals surface area contributed by atoms with Crippen molar-refractivity contribution in [3.63, 3.8) is 0 Å². The minimum absolute atomic E-state index is 0.0276. The highest BCUT2D eigenvalue weighted by molar-refractivity contribution is 6.25. The van der Waals surface area contributed by atoms with Crippen LogP contribution in [-0.2, 0) is 30.4 Å². The minimum Gasteiger partial charge on any atom is -0.497 e. The van der Waals surface area contributed by atoms with E-state index < -0.39 is 11.9 Å². The van der Waals surface area contributed by atoms with Gasteiger partial charge >= 0.3 is 11.9 Å². The van der Waals surface area contributed by atoms with Gasteiger partial charge in [0, 0.05) is 0 Å². The van der Waals surface area contributed by atoms with Crippen molar-refractivity contribution >= 4 is 23.1 Å². The SMILES string of the molecule is COC(=O)/C(=C1/OC(=O)C(c2ccc(OC)cc2)=C1OCc1ccccc1)c1ccccc1. The van der Waals surface area contributed by atoms with E-state index in [4.69, 9.17) is 18.9 Å². The maximum Gasteiger partial charge on any atom is 0.348 e. The number of benzene rings is 3. The van der Waals surface area contributed by atoms with Crippen molar-refractivity contribution in [2.75, 3.05) is 14.2 Å². The van der Waals surface area contributed by atoms with Crippen LogP contribution >= 0.6 is 0 Å². The summed E-state index contributed by atoms with van der Waals surface area (Å²) in [4.78, 5) is 25.8. The lowest BCUT2D eigenvalue weighted by Gasteiger charge is -2.13. The van der Waals surface area contributed by atoms with E-state index in [1.807, 2.05) is 36.4 Å². The molecule has 6 heteroatoms. The molecule has 0 N–H and O–H groups in total. The van der Waals surface area contributed by atoms with Gasteiger partial charge in [-0.2, -0.15) is 0 Å². The first kappa shape index (κ1) is 21.9. The van der Waals surface area contributed by atoms with Crippen molar-refractivity contribution in [1.29, 1.82) is 0 Å². The second-order valence-corrected chi connectivity index (χ2v) is 7.16. The Morgan fingerprint density at radius 1 is 0.848 bits per heavy atom. The third-order valence-corrected chi connectivity index (χ3v) is 5.12. The van der Waals surface area contributed by atoms with E-state index in [-0.39, 0.29) is 29.3 Å². The Labute approximate surface area is 191 Å². The van der Waals surface area contributed by atoms with E-state index in [9.17, 15) is 9.59 Å². The summed E-state index contributed by atoms with van der Waals surface area (Å²) < 4.78 is 22.0. The number of esters is 2. The number of rotatable bonds is 7. The molecule has 166 valence electrons. The van der Waals surface area contributed by atoms with Gasteiger partial charge in [-0.25, -0.2) is 9.59 Å². The number of carbonyl (C=O) groups is 2. The quantitative estimate of drug-likeness (QED) is 0.388. The fraction of sp³-hybridized carbons (Fsp3) is 0.111. The monoisotopic (exact) mass is 442 g/mol. The van der Waals surface area contributed by atoms with Crippen LogP contribution in [0.15, 0.2) is 96.4 Å². The number of ether oxygens (including phenoxy) is 4. The molecule has 0 aliphatic carbocycles. The molecule has 33 heavy (non-hydrogen) atoms. The highest BCUT2D eigenvalue weighted by Crippen LogP contribution is 2.39. The first-order valence-electron chi connectivity index (χ1n) is 10.3. The molecule has 3 aromatic rings. The molecule has 0 bridgehead atoms. The van der Waals surface area contributed by atoms with E-state index in [1.165, 1.54) is 7.11 Å². The number of hydrogen-bond donors (Lipinski definition) is 0. The van der Waals surface area contributed by atoms with E-state index in [0.29, 0.717) is 16.9 Å². The largest absolute Gasteiger partial charge is 0.497 e. The topological polar surface area (TPSA) is 71.1 Å². The molecule has 0 spiro atoms. The Kier molecular flexibility index (Phi) is 6.55. The molecule has 1 aliphatic heterocycles. The Balaban J connectivity index is 1.89. The standard InChI is InChI=1S/C27H22O6/c1-30-21-15-13-20(14-16-21)22-24(32-17-18-9-5-3-6-10-18)25(33-27(22)29)23(26(28)31-2)19-11-7-4-8-12-19/h3-16H,17H2,1-2H3/b25-23+. The van der Waals surface area contributed by atoms with Crippen molar-refractivity contribution in [2.45, 2.75) is 6.61 Å². The highest BCUT2D eigenvalue weighted by Gasteiger charge is 2.37. The maximum absolute atomic E-state index is 13.0. The lowest BCUT2D eigenvalue weighted by molar-refractivity contribution is -0.134. The number of carbonyl (C=O) groups excluding carboxylic acids is 2. The Hall–Kier alpha value is -4.32. The zero-order chi connectivity index (χ0) is 23.2. The summed E-state index contributed by atoms with van der Waals surface area (Å²) in [6.07, 6.45) is 0. The van der Waals surface area contributed by atoms with Crippen LogP contribution < -0.4 is 4.74 Å². The highest BCUT2D eigenvalue weighted by atomic mass is 16.6. The molecule has 4 rings (SSSR count). The van der Waals surface area contributed by atoms with E-state index >= 15 is 0 Å². The third kappa shape index (κ3) is 4.65. The van der Waals surface area contributed by atoms with Gasteiger partial charge in [0.05, 0.1) is 14.2 Å². The summed E-state index contributed by atoms with van der Waals surface area (Å²) in [5, 5.41) is 0. The van der Waals surface area contributed by atoms with Crippen molar-refractivity contribution < 1.29 is 28.5 Å². The van der Waals surface area contributed by atoms with Gasteiger partial charge in [0.1, 0.15) is 23.5 Å². The maximum atomic E-state index is 13.0.